The van der Waals surface area contributed by atoms with Crippen LogP contribution in [-0.2, 0) is 0 Å². The lowest BCUT2D eigenvalue weighted by Gasteiger charge is -2.27. The van der Waals surface area contributed by atoms with Gasteiger partial charge in [0, 0.05) is 0 Å². The standard InChI is InChI=1S/C10H18F3N/c1-9(2)5-4-8(10(11,12)13)14(3)7-6-9/h8H,4-7H2,1-3H3. The lowest BCUT2D eigenvalue weighted by atomic mass is 9.85. The largest absolute Gasteiger partial charge is 0.404 e. The van der Waals surface area contributed by atoms with E-state index in [0.29, 0.717) is 13.0 Å². The van der Waals surface area contributed by atoms with Crippen LogP contribution in [0.2, 0.25) is 0 Å². The summed E-state index contributed by atoms with van der Waals surface area (Å²) in [6, 6.07) is -1.25. The molecule has 84 valence electrons. The van der Waals surface area contributed by atoms with Crippen molar-refractivity contribution in [2.24, 2.45) is 5.41 Å². The van der Waals surface area contributed by atoms with E-state index in [2.05, 4.69) is 0 Å². The van der Waals surface area contributed by atoms with E-state index in [1.165, 1.54) is 4.90 Å². The van der Waals surface area contributed by atoms with E-state index in [1.807, 2.05) is 13.8 Å². The monoisotopic (exact) mass is 209 g/mol. The first-order valence-electron chi connectivity index (χ1n) is 4.99. The first-order valence-corrected chi connectivity index (χ1v) is 4.99. The normalized spacial score (nSPS) is 30.0. The summed E-state index contributed by atoms with van der Waals surface area (Å²) in [5.41, 5.74) is 0.0499. The van der Waals surface area contributed by atoms with Crippen LogP contribution in [0.15, 0.2) is 0 Å². The number of likely N-dealkylation sites (tertiary alicyclic amines) is 1. The molecule has 1 atom stereocenters. The summed E-state index contributed by atoms with van der Waals surface area (Å²) in [6.45, 7) is 4.62. The van der Waals surface area contributed by atoms with E-state index in [9.17, 15) is 13.2 Å². The topological polar surface area (TPSA) is 3.24 Å². The minimum absolute atomic E-state index is 0.0499. The Kier molecular flexibility index (Phi) is 3.14. The molecule has 0 bridgehead atoms. The quantitative estimate of drug-likeness (QED) is 0.592. The Hall–Kier alpha value is -0.250. The van der Waals surface area contributed by atoms with Crippen LogP contribution in [0.3, 0.4) is 0 Å². The highest BCUT2D eigenvalue weighted by atomic mass is 19.4. The van der Waals surface area contributed by atoms with Crippen molar-refractivity contribution in [1.29, 1.82) is 0 Å². The molecule has 1 rings (SSSR count). The molecule has 1 nitrogen and oxygen atoms in total. The van der Waals surface area contributed by atoms with Crippen molar-refractivity contribution in [2.75, 3.05) is 13.6 Å². The molecule has 0 saturated carbocycles. The lowest BCUT2D eigenvalue weighted by molar-refractivity contribution is -0.180. The first kappa shape index (κ1) is 11.8. The molecule has 4 heteroatoms. The molecular formula is C10H18F3N. The zero-order chi connectivity index (χ0) is 11.0. The smallest absolute Gasteiger partial charge is 0.295 e. The summed E-state index contributed by atoms with van der Waals surface area (Å²) in [5.74, 6) is 0. The van der Waals surface area contributed by atoms with Gasteiger partial charge in [-0.2, -0.15) is 13.2 Å². The van der Waals surface area contributed by atoms with Crippen LogP contribution in [0.25, 0.3) is 0 Å². The molecule has 14 heavy (non-hydrogen) atoms. The third kappa shape index (κ3) is 2.87. The zero-order valence-corrected chi connectivity index (χ0v) is 8.99. The maximum atomic E-state index is 12.6. The molecule has 0 radical (unpaired) electrons. The minimum atomic E-state index is -4.07. The summed E-state index contributed by atoms with van der Waals surface area (Å²) in [4.78, 5) is 1.44. The average Bonchev–Trinajstić information content (AvgIpc) is 2.09. The van der Waals surface area contributed by atoms with Gasteiger partial charge in [-0.3, -0.25) is 4.90 Å². The van der Waals surface area contributed by atoms with Crippen LogP contribution < -0.4 is 0 Å². The highest BCUT2D eigenvalue weighted by Gasteiger charge is 2.44. The minimum Gasteiger partial charge on any atom is -0.295 e. The Bertz CT molecular complexity index is 198. The average molecular weight is 209 g/mol. The van der Waals surface area contributed by atoms with Crippen molar-refractivity contribution in [3.63, 3.8) is 0 Å². The van der Waals surface area contributed by atoms with Gasteiger partial charge in [0.05, 0.1) is 0 Å². The van der Waals surface area contributed by atoms with E-state index in [1.54, 1.807) is 7.05 Å². The molecule has 1 fully saturated rings. The first-order chi connectivity index (χ1) is 6.22. The fourth-order valence-corrected chi connectivity index (χ4v) is 1.92. The van der Waals surface area contributed by atoms with Gasteiger partial charge in [0.1, 0.15) is 6.04 Å². The summed E-state index contributed by atoms with van der Waals surface area (Å²) >= 11 is 0. The van der Waals surface area contributed by atoms with Crippen molar-refractivity contribution < 1.29 is 13.2 Å². The van der Waals surface area contributed by atoms with Gasteiger partial charge in [0.25, 0.3) is 0 Å². The molecule has 0 aromatic rings. The fourth-order valence-electron chi connectivity index (χ4n) is 1.92. The Balaban J connectivity index is 2.70. The van der Waals surface area contributed by atoms with Gasteiger partial charge >= 0.3 is 6.18 Å². The van der Waals surface area contributed by atoms with Crippen LogP contribution in [0.5, 0.6) is 0 Å². The predicted octanol–water partition coefficient (Wildman–Crippen LogP) is 3.06. The van der Waals surface area contributed by atoms with Gasteiger partial charge in [-0.25, -0.2) is 0 Å². The van der Waals surface area contributed by atoms with Crippen molar-refractivity contribution >= 4 is 0 Å². The number of nitrogens with zero attached hydrogens (tertiary/aromatic N) is 1. The fraction of sp³-hybridized carbons (Fsp3) is 1.00. The third-order valence-corrected chi connectivity index (χ3v) is 3.15. The highest BCUT2D eigenvalue weighted by molar-refractivity contribution is 4.84. The molecule has 0 aliphatic carbocycles. The van der Waals surface area contributed by atoms with Gasteiger partial charge in [0.15, 0.2) is 0 Å². The molecular weight excluding hydrogens is 191 g/mol. The van der Waals surface area contributed by atoms with Gasteiger partial charge in [-0.05, 0) is 38.3 Å². The number of alkyl halides is 3. The van der Waals surface area contributed by atoms with Crippen molar-refractivity contribution in [3.8, 4) is 0 Å². The molecule has 1 saturated heterocycles. The highest BCUT2D eigenvalue weighted by Crippen LogP contribution is 2.37. The Morgan fingerprint density at radius 3 is 2.29 bits per heavy atom. The van der Waals surface area contributed by atoms with Crippen molar-refractivity contribution in [1.82, 2.24) is 4.90 Å². The van der Waals surface area contributed by atoms with Gasteiger partial charge < -0.3 is 0 Å². The SMILES string of the molecule is CN1CCC(C)(C)CCC1C(F)(F)F. The third-order valence-electron chi connectivity index (χ3n) is 3.15. The second kappa shape index (κ2) is 3.72. The summed E-state index contributed by atoms with van der Waals surface area (Å²) < 4.78 is 37.7. The molecule has 0 N–H and O–H groups in total. The van der Waals surface area contributed by atoms with Crippen LogP contribution in [-0.4, -0.2) is 30.7 Å². The second-order valence-corrected chi connectivity index (χ2v) is 4.99. The summed E-state index contributed by atoms with van der Waals surface area (Å²) in [6.07, 6.45) is -2.35. The number of hydrogen-bond acceptors (Lipinski definition) is 1. The van der Waals surface area contributed by atoms with E-state index < -0.39 is 12.2 Å². The molecule has 1 aliphatic rings. The van der Waals surface area contributed by atoms with Crippen molar-refractivity contribution in [3.05, 3.63) is 0 Å². The van der Waals surface area contributed by atoms with Crippen LogP contribution in [0, 0.1) is 5.41 Å². The van der Waals surface area contributed by atoms with Crippen LogP contribution >= 0.6 is 0 Å². The Morgan fingerprint density at radius 1 is 1.21 bits per heavy atom. The summed E-state index contributed by atoms with van der Waals surface area (Å²) in [7, 11) is 1.57. The van der Waals surface area contributed by atoms with Gasteiger partial charge in [-0.1, -0.05) is 13.8 Å². The molecule has 0 aromatic carbocycles. The van der Waals surface area contributed by atoms with Gasteiger partial charge in [-0.15, -0.1) is 0 Å². The molecule has 0 spiro atoms. The number of hydrogen-bond donors (Lipinski definition) is 0. The van der Waals surface area contributed by atoms with E-state index >= 15 is 0 Å². The predicted molar refractivity (Wildman–Crippen MR) is 50.1 cm³/mol. The van der Waals surface area contributed by atoms with E-state index in [4.69, 9.17) is 0 Å². The Labute approximate surface area is 83.3 Å². The molecule has 1 aliphatic heterocycles. The number of halogens is 3. The molecule has 1 unspecified atom stereocenters. The van der Waals surface area contributed by atoms with Crippen LogP contribution in [0.1, 0.15) is 33.1 Å². The van der Waals surface area contributed by atoms with Crippen LogP contribution in [0.4, 0.5) is 13.2 Å². The summed E-state index contributed by atoms with van der Waals surface area (Å²) in [5, 5.41) is 0. The number of rotatable bonds is 0. The molecule has 1 heterocycles. The van der Waals surface area contributed by atoms with E-state index in [0.717, 1.165) is 6.42 Å². The molecule has 0 aromatic heterocycles. The maximum absolute atomic E-state index is 12.6. The maximum Gasteiger partial charge on any atom is 0.404 e. The van der Waals surface area contributed by atoms with Gasteiger partial charge in [0.2, 0.25) is 0 Å². The Morgan fingerprint density at radius 2 is 1.79 bits per heavy atom. The van der Waals surface area contributed by atoms with Crippen molar-refractivity contribution in [2.45, 2.75) is 45.3 Å². The lowest BCUT2D eigenvalue weighted by Crippen LogP contribution is -2.42. The van der Waals surface area contributed by atoms with E-state index in [-0.39, 0.29) is 11.8 Å². The molecule has 0 amide bonds. The zero-order valence-electron chi connectivity index (χ0n) is 8.99. The second-order valence-electron chi connectivity index (χ2n) is 4.99.